The lowest BCUT2D eigenvalue weighted by molar-refractivity contribution is -0.0451. The Morgan fingerprint density at radius 1 is 0.587 bits per heavy atom. The SMILES string of the molecule is CC(C)N1CC(CN2CCCN(CCOC(C)(C)CCC(C)(C)N3CCN(CC4CCN(CCOC(C)(C)C)CC4)CC3)CC2)C1. The van der Waals surface area contributed by atoms with E-state index in [0.717, 1.165) is 44.6 Å². The normalized spacial score (nSPS) is 24.1. The van der Waals surface area contributed by atoms with E-state index in [1.54, 1.807) is 0 Å². The Labute approximate surface area is 285 Å². The standard InChI is InChI=1S/C38H76N6O2/c1-33(2)43-31-35(32-43)30-41-16-10-15-39(19-20-41)26-28-46-38(8,9)14-13-37(6,7)44-23-21-42(22-24-44)29-34-11-17-40(18-12-34)25-27-45-36(3,4)5/h33-35H,10-32H2,1-9H3. The molecule has 46 heavy (non-hydrogen) atoms. The summed E-state index contributed by atoms with van der Waals surface area (Å²) in [6.45, 7) is 41.8. The van der Waals surface area contributed by atoms with Gasteiger partial charge >= 0.3 is 0 Å². The Morgan fingerprint density at radius 3 is 1.74 bits per heavy atom. The third-order valence-corrected chi connectivity index (χ3v) is 11.5. The lowest BCUT2D eigenvalue weighted by Crippen LogP contribution is -2.55. The van der Waals surface area contributed by atoms with E-state index < -0.39 is 0 Å². The van der Waals surface area contributed by atoms with Crippen molar-refractivity contribution in [2.24, 2.45) is 11.8 Å². The van der Waals surface area contributed by atoms with Gasteiger partial charge in [0.05, 0.1) is 24.4 Å². The lowest BCUT2D eigenvalue weighted by atomic mass is 9.89. The highest BCUT2D eigenvalue weighted by atomic mass is 16.5. The molecule has 0 aromatic carbocycles. The van der Waals surface area contributed by atoms with Crippen LogP contribution in [0.4, 0.5) is 0 Å². The zero-order chi connectivity index (χ0) is 33.4. The molecule has 0 bridgehead atoms. The molecule has 4 heterocycles. The minimum absolute atomic E-state index is 0.0274. The van der Waals surface area contributed by atoms with Crippen molar-refractivity contribution >= 4 is 0 Å². The molecule has 0 saturated carbocycles. The van der Waals surface area contributed by atoms with Crippen LogP contribution in [-0.4, -0.2) is 170 Å². The minimum Gasteiger partial charge on any atom is -0.375 e. The highest BCUT2D eigenvalue weighted by Gasteiger charge is 2.34. The molecule has 0 N–H and O–H groups in total. The van der Waals surface area contributed by atoms with Gasteiger partial charge in [0, 0.05) is 90.1 Å². The van der Waals surface area contributed by atoms with Crippen LogP contribution in [0.3, 0.4) is 0 Å². The third kappa shape index (κ3) is 13.2. The topological polar surface area (TPSA) is 37.9 Å². The highest BCUT2D eigenvalue weighted by molar-refractivity contribution is 4.89. The van der Waals surface area contributed by atoms with E-state index in [4.69, 9.17) is 9.47 Å². The molecule has 0 aromatic heterocycles. The van der Waals surface area contributed by atoms with E-state index in [0.29, 0.717) is 6.04 Å². The van der Waals surface area contributed by atoms with Gasteiger partial charge in [-0.05, 0) is 132 Å². The Hall–Kier alpha value is -0.320. The highest BCUT2D eigenvalue weighted by Crippen LogP contribution is 2.29. The van der Waals surface area contributed by atoms with E-state index in [2.05, 4.69) is 91.7 Å². The van der Waals surface area contributed by atoms with Gasteiger partial charge in [-0.3, -0.25) is 9.80 Å². The Bertz CT molecular complexity index is 854. The number of hydrogen-bond donors (Lipinski definition) is 0. The summed E-state index contributed by atoms with van der Waals surface area (Å²) in [7, 11) is 0. The van der Waals surface area contributed by atoms with Crippen molar-refractivity contribution in [3.8, 4) is 0 Å². The molecule has 8 nitrogen and oxygen atoms in total. The monoisotopic (exact) mass is 649 g/mol. The molecule has 0 atom stereocenters. The number of piperidine rings is 1. The van der Waals surface area contributed by atoms with Crippen molar-refractivity contribution in [3.05, 3.63) is 0 Å². The van der Waals surface area contributed by atoms with Crippen molar-refractivity contribution in [1.29, 1.82) is 0 Å². The van der Waals surface area contributed by atoms with Crippen LogP contribution in [0.5, 0.6) is 0 Å². The maximum atomic E-state index is 6.56. The maximum absolute atomic E-state index is 6.56. The second-order valence-electron chi connectivity index (χ2n) is 17.9. The summed E-state index contributed by atoms with van der Waals surface area (Å²) >= 11 is 0. The fourth-order valence-corrected chi connectivity index (χ4v) is 8.01. The number of nitrogens with zero attached hydrogens (tertiary/aromatic N) is 6. The second-order valence-corrected chi connectivity index (χ2v) is 17.9. The van der Waals surface area contributed by atoms with Crippen LogP contribution >= 0.6 is 0 Å². The van der Waals surface area contributed by atoms with E-state index in [9.17, 15) is 0 Å². The second kappa shape index (κ2) is 17.6. The maximum Gasteiger partial charge on any atom is 0.0627 e. The van der Waals surface area contributed by atoms with Gasteiger partial charge in [0.25, 0.3) is 0 Å². The summed E-state index contributed by atoms with van der Waals surface area (Å²) in [5.74, 6) is 1.73. The summed E-state index contributed by atoms with van der Waals surface area (Å²) in [4.78, 5) is 16.1. The molecule has 0 radical (unpaired) electrons. The minimum atomic E-state index is -0.0722. The average molecular weight is 649 g/mol. The van der Waals surface area contributed by atoms with E-state index in [1.165, 1.54) is 117 Å². The van der Waals surface area contributed by atoms with E-state index in [-0.39, 0.29) is 16.7 Å². The Kier molecular flexibility index (Phi) is 14.7. The van der Waals surface area contributed by atoms with Gasteiger partial charge in [-0.25, -0.2) is 0 Å². The molecular formula is C38H76N6O2. The van der Waals surface area contributed by atoms with Crippen LogP contribution < -0.4 is 0 Å². The van der Waals surface area contributed by atoms with Crippen molar-refractivity contribution in [2.45, 2.75) is 117 Å². The molecule has 0 amide bonds. The van der Waals surface area contributed by atoms with Gasteiger partial charge in [-0.1, -0.05) is 0 Å². The molecule has 4 rings (SSSR count). The largest absolute Gasteiger partial charge is 0.375 e. The molecule has 4 aliphatic rings. The smallest absolute Gasteiger partial charge is 0.0627 e. The summed E-state index contributed by atoms with van der Waals surface area (Å²) in [5.41, 5.74) is 0.117. The predicted molar refractivity (Wildman–Crippen MR) is 194 cm³/mol. The van der Waals surface area contributed by atoms with Crippen LogP contribution in [0.15, 0.2) is 0 Å². The zero-order valence-corrected chi connectivity index (χ0v) is 32.0. The van der Waals surface area contributed by atoms with Gasteiger partial charge in [0.1, 0.15) is 0 Å². The van der Waals surface area contributed by atoms with Crippen molar-refractivity contribution < 1.29 is 9.47 Å². The number of likely N-dealkylation sites (tertiary alicyclic amines) is 2. The van der Waals surface area contributed by atoms with Crippen LogP contribution in [0.2, 0.25) is 0 Å². The molecule has 0 aliphatic carbocycles. The molecule has 270 valence electrons. The first-order chi connectivity index (χ1) is 21.7. The number of ether oxygens (including phenoxy) is 2. The lowest BCUT2D eigenvalue weighted by Gasteiger charge is -2.46. The zero-order valence-electron chi connectivity index (χ0n) is 32.0. The average Bonchev–Trinajstić information content (AvgIpc) is 3.19. The van der Waals surface area contributed by atoms with Crippen molar-refractivity contribution in [1.82, 2.24) is 29.4 Å². The van der Waals surface area contributed by atoms with Crippen LogP contribution in [0.25, 0.3) is 0 Å². The van der Waals surface area contributed by atoms with Crippen LogP contribution in [-0.2, 0) is 9.47 Å². The summed E-state index contributed by atoms with van der Waals surface area (Å²) in [6, 6.07) is 0.705. The quantitative estimate of drug-likeness (QED) is 0.236. The molecule has 0 unspecified atom stereocenters. The van der Waals surface area contributed by atoms with E-state index in [1.807, 2.05) is 0 Å². The van der Waals surface area contributed by atoms with Gasteiger partial charge in [-0.15, -0.1) is 0 Å². The first-order valence-electron chi connectivity index (χ1n) is 19.3. The first-order valence-corrected chi connectivity index (χ1v) is 19.3. The summed E-state index contributed by atoms with van der Waals surface area (Å²) in [6.07, 6.45) is 6.26. The van der Waals surface area contributed by atoms with Gasteiger partial charge < -0.3 is 29.1 Å². The Balaban J connectivity index is 1.05. The number of piperazine rings is 1. The molecule has 4 aliphatic heterocycles. The fraction of sp³-hybridized carbons (Fsp3) is 1.00. The number of rotatable bonds is 16. The fourth-order valence-electron chi connectivity index (χ4n) is 8.01. The van der Waals surface area contributed by atoms with E-state index >= 15 is 0 Å². The van der Waals surface area contributed by atoms with Crippen molar-refractivity contribution in [2.75, 3.05) is 118 Å². The third-order valence-electron chi connectivity index (χ3n) is 11.5. The van der Waals surface area contributed by atoms with Crippen molar-refractivity contribution in [3.63, 3.8) is 0 Å². The van der Waals surface area contributed by atoms with Crippen LogP contribution in [0, 0.1) is 11.8 Å². The molecule has 8 heteroatoms. The molecule has 4 fully saturated rings. The first kappa shape index (κ1) is 38.5. The number of hydrogen-bond acceptors (Lipinski definition) is 8. The van der Waals surface area contributed by atoms with Crippen LogP contribution in [0.1, 0.15) is 94.4 Å². The molecular weight excluding hydrogens is 572 g/mol. The van der Waals surface area contributed by atoms with Gasteiger partial charge in [0.2, 0.25) is 0 Å². The van der Waals surface area contributed by atoms with Gasteiger partial charge in [0.15, 0.2) is 0 Å². The molecule has 0 spiro atoms. The summed E-state index contributed by atoms with van der Waals surface area (Å²) in [5, 5.41) is 0. The Morgan fingerprint density at radius 2 is 1.11 bits per heavy atom. The van der Waals surface area contributed by atoms with Gasteiger partial charge in [-0.2, -0.15) is 0 Å². The molecule has 0 aromatic rings. The predicted octanol–water partition coefficient (Wildman–Crippen LogP) is 4.83. The summed E-state index contributed by atoms with van der Waals surface area (Å²) < 4.78 is 12.5. The molecule has 4 saturated heterocycles.